The summed E-state index contributed by atoms with van der Waals surface area (Å²) in [5.74, 6) is 0. The first-order chi connectivity index (χ1) is 7.99. The summed E-state index contributed by atoms with van der Waals surface area (Å²) in [7, 11) is 0. The van der Waals surface area contributed by atoms with Crippen molar-refractivity contribution >= 4 is 23.1 Å². The Balaban J connectivity index is 2.25. The molecule has 1 aromatic carbocycles. The third kappa shape index (κ3) is 2.31. The first-order valence-electron chi connectivity index (χ1n) is 5.67. The number of nitrogens with one attached hydrogen (secondary N) is 2. The molecule has 1 saturated heterocycles. The second-order valence-corrected chi connectivity index (χ2v) is 4.99. The summed E-state index contributed by atoms with van der Waals surface area (Å²) in [4.78, 5) is 12.0. The normalized spacial score (nSPS) is 23.1. The molecule has 1 heterocycles. The molecule has 1 aliphatic rings. The monoisotopic (exact) mass is 248 g/mol. The summed E-state index contributed by atoms with van der Waals surface area (Å²) < 4.78 is 0. The molecule has 2 amide bonds. The molecule has 2 unspecified atom stereocenters. The molecule has 3 nitrogen and oxygen atoms in total. The van der Waals surface area contributed by atoms with E-state index in [-0.39, 0.29) is 18.1 Å². The smallest absolute Gasteiger partial charge is 0.315 e. The summed E-state index contributed by atoms with van der Waals surface area (Å²) in [5.41, 5.74) is 3.48. The molecule has 0 aliphatic carbocycles. The molecular formula is C13H16N2OS. The van der Waals surface area contributed by atoms with Gasteiger partial charge in [0.15, 0.2) is 0 Å². The van der Waals surface area contributed by atoms with Crippen LogP contribution in [-0.4, -0.2) is 23.0 Å². The van der Waals surface area contributed by atoms with Gasteiger partial charge in [0.05, 0.1) is 12.1 Å². The van der Waals surface area contributed by atoms with E-state index in [0.717, 1.165) is 10.4 Å². The summed E-state index contributed by atoms with van der Waals surface area (Å²) in [6.07, 6.45) is 0. The number of carbonyl (C=O) groups excluding carboxylic acids is 1. The molecule has 0 saturated carbocycles. The molecule has 1 aliphatic heterocycles. The number of hydrogen-bond donors (Lipinski definition) is 2. The zero-order valence-corrected chi connectivity index (χ0v) is 11.0. The minimum atomic E-state index is -0.145. The van der Waals surface area contributed by atoms with E-state index in [1.807, 2.05) is 13.0 Å². The molecule has 2 rings (SSSR count). The first-order valence-corrected chi connectivity index (χ1v) is 6.08. The molecule has 0 spiro atoms. The molecule has 1 fully saturated rings. The van der Waals surface area contributed by atoms with E-state index in [1.165, 1.54) is 11.1 Å². The van der Waals surface area contributed by atoms with Gasteiger partial charge in [-0.3, -0.25) is 0 Å². The minimum Gasteiger partial charge on any atom is -0.333 e. The molecule has 4 heteroatoms. The fourth-order valence-corrected chi connectivity index (χ4v) is 2.35. The molecule has 2 atom stereocenters. The van der Waals surface area contributed by atoms with Crippen molar-refractivity contribution in [2.45, 2.75) is 32.9 Å². The van der Waals surface area contributed by atoms with Gasteiger partial charge in [0.25, 0.3) is 0 Å². The Morgan fingerprint density at radius 2 is 1.94 bits per heavy atom. The average molecular weight is 248 g/mol. The second kappa shape index (κ2) is 4.45. The van der Waals surface area contributed by atoms with Crippen molar-refractivity contribution in [1.82, 2.24) is 10.6 Å². The number of benzene rings is 1. The van der Waals surface area contributed by atoms with Crippen LogP contribution in [0.15, 0.2) is 18.2 Å². The number of rotatable bonds is 2. The number of carbonyl (C=O) groups is 1. The van der Waals surface area contributed by atoms with E-state index in [1.54, 1.807) is 0 Å². The largest absolute Gasteiger partial charge is 0.333 e. The highest BCUT2D eigenvalue weighted by molar-refractivity contribution is 7.81. The molecule has 1 aromatic rings. The Morgan fingerprint density at radius 3 is 2.47 bits per heavy atom. The maximum Gasteiger partial charge on any atom is 0.315 e. The number of aryl methyl sites for hydroxylation is 2. The molecular weight excluding hydrogens is 232 g/mol. The summed E-state index contributed by atoms with van der Waals surface area (Å²) in [6.45, 7) is 6.09. The molecule has 0 radical (unpaired) electrons. The number of amides is 2. The molecule has 17 heavy (non-hydrogen) atoms. The number of hydrogen-bond acceptors (Lipinski definition) is 2. The Morgan fingerprint density at radius 1 is 1.24 bits per heavy atom. The Kier molecular flexibility index (Phi) is 3.15. The van der Waals surface area contributed by atoms with E-state index in [2.05, 4.69) is 36.6 Å². The number of urea groups is 1. The third-order valence-electron chi connectivity index (χ3n) is 3.22. The van der Waals surface area contributed by atoms with Gasteiger partial charge in [-0.1, -0.05) is 30.4 Å². The van der Waals surface area contributed by atoms with Gasteiger partial charge in [0.1, 0.15) is 0 Å². The summed E-state index contributed by atoms with van der Waals surface area (Å²) in [6, 6.07) is 5.95. The number of thiocarbonyl (C=S) groups is 1. The Labute approximate surface area is 107 Å². The maximum atomic E-state index is 11.2. The Bertz CT molecular complexity index is 484. The fourth-order valence-electron chi connectivity index (χ4n) is 1.96. The summed E-state index contributed by atoms with van der Waals surface area (Å²) >= 11 is 5.46. The van der Waals surface area contributed by atoms with Gasteiger partial charge in [-0.05, 0) is 37.5 Å². The van der Waals surface area contributed by atoms with Crippen molar-refractivity contribution in [3.05, 3.63) is 34.9 Å². The lowest BCUT2D eigenvalue weighted by Crippen LogP contribution is -2.38. The quantitative estimate of drug-likeness (QED) is 0.621. The van der Waals surface area contributed by atoms with E-state index in [4.69, 9.17) is 12.2 Å². The van der Waals surface area contributed by atoms with Crippen LogP contribution in [0.3, 0.4) is 0 Å². The standard InChI is InChI=1S/C13H16N2OS/c1-7-4-5-10(6-8(7)2)12(17)11-9(3)14-13(16)15-11/h4-6,9,11H,1-3H3,(H2,14,15,16). The van der Waals surface area contributed by atoms with E-state index < -0.39 is 0 Å². The van der Waals surface area contributed by atoms with Crippen LogP contribution in [0.2, 0.25) is 0 Å². The summed E-state index contributed by atoms with van der Waals surface area (Å²) in [5, 5.41) is 5.65. The highest BCUT2D eigenvalue weighted by atomic mass is 32.1. The van der Waals surface area contributed by atoms with Crippen molar-refractivity contribution in [3.8, 4) is 0 Å². The maximum absolute atomic E-state index is 11.2. The van der Waals surface area contributed by atoms with Crippen molar-refractivity contribution < 1.29 is 4.79 Å². The molecule has 90 valence electrons. The van der Waals surface area contributed by atoms with Crippen LogP contribution >= 0.6 is 12.2 Å². The SMILES string of the molecule is Cc1ccc(C(=S)C2NC(=O)NC2C)cc1C. The van der Waals surface area contributed by atoms with Gasteiger partial charge in [0.2, 0.25) is 0 Å². The van der Waals surface area contributed by atoms with Gasteiger partial charge in [-0.15, -0.1) is 0 Å². The van der Waals surface area contributed by atoms with Crippen LogP contribution in [-0.2, 0) is 0 Å². The van der Waals surface area contributed by atoms with Crippen LogP contribution in [0.1, 0.15) is 23.6 Å². The van der Waals surface area contributed by atoms with Gasteiger partial charge in [0, 0.05) is 4.86 Å². The predicted octanol–water partition coefficient (Wildman–Crippen LogP) is 2.09. The van der Waals surface area contributed by atoms with Gasteiger partial charge in [-0.2, -0.15) is 0 Å². The lowest BCUT2D eigenvalue weighted by molar-refractivity contribution is 0.247. The van der Waals surface area contributed by atoms with Gasteiger partial charge in [-0.25, -0.2) is 4.79 Å². The van der Waals surface area contributed by atoms with Crippen LogP contribution < -0.4 is 10.6 Å². The van der Waals surface area contributed by atoms with Crippen LogP contribution in [0.5, 0.6) is 0 Å². The lowest BCUT2D eigenvalue weighted by atomic mass is 9.98. The van der Waals surface area contributed by atoms with Gasteiger partial charge >= 0.3 is 6.03 Å². The lowest BCUT2D eigenvalue weighted by Gasteiger charge is -2.16. The van der Waals surface area contributed by atoms with Crippen LogP contribution in [0.25, 0.3) is 0 Å². The van der Waals surface area contributed by atoms with Crippen molar-refractivity contribution in [2.75, 3.05) is 0 Å². The zero-order valence-electron chi connectivity index (χ0n) is 10.2. The first kappa shape index (κ1) is 12.0. The van der Waals surface area contributed by atoms with E-state index in [9.17, 15) is 4.79 Å². The molecule has 0 aromatic heterocycles. The topological polar surface area (TPSA) is 41.1 Å². The van der Waals surface area contributed by atoms with E-state index in [0.29, 0.717) is 0 Å². The van der Waals surface area contributed by atoms with Gasteiger partial charge < -0.3 is 10.6 Å². The van der Waals surface area contributed by atoms with E-state index >= 15 is 0 Å². The predicted molar refractivity (Wildman–Crippen MR) is 72.5 cm³/mol. The fraction of sp³-hybridized carbons (Fsp3) is 0.385. The highest BCUT2D eigenvalue weighted by Crippen LogP contribution is 2.15. The van der Waals surface area contributed by atoms with Crippen molar-refractivity contribution in [1.29, 1.82) is 0 Å². The highest BCUT2D eigenvalue weighted by Gasteiger charge is 2.31. The zero-order chi connectivity index (χ0) is 12.6. The van der Waals surface area contributed by atoms with Crippen LogP contribution in [0, 0.1) is 13.8 Å². The molecule has 2 N–H and O–H groups in total. The second-order valence-electron chi connectivity index (χ2n) is 4.55. The Hall–Kier alpha value is -1.42. The van der Waals surface area contributed by atoms with Crippen molar-refractivity contribution in [2.24, 2.45) is 0 Å². The average Bonchev–Trinajstić information content (AvgIpc) is 2.61. The molecule has 0 bridgehead atoms. The third-order valence-corrected chi connectivity index (χ3v) is 3.71. The minimum absolute atomic E-state index is 0.0385. The van der Waals surface area contributed by atoms with Crippen LogP contribution in [0.4, 0.5) is 4.79 Å². The van der Waals surface area contributed by atoms with Crippen molar-refractivity contribution in [3.63, 3.8) is 0 Å².